The topological polar surface area (TPSA) is 57.9 Å². The summed E-state index contributed by atoms with van der Waals surface area (Å²) in [7, 11) is 2.02. The number of piperidine rings is 1. The molecule has 5 heteroatoms. The van der Waals surface area contributed by atoms with Crippen molar-refractivity contribution in [2.75, 3.05) is 19.6 Å². The number of aryl methyl sites for hydroxylation is 3. The predicted molar refractivity (Wildman–Crippen MR) is 122 cm³/mol. The minimum absolute atomic E-state index is 0.311. The van der Waals surface area contributed by atoms with Gasteiger partial charge >= 0.3 is 0 Å². The summed E-state index contributed by atoms with van der Waals surface area (Å²) in [6.45, 7) is 6.49. The smallest absolute Gasteiger partial charge is 0.126 e. The molecule has 2 aromatic carbocycles. The Labute approximate surface area is 183 Å². The van der Waals surface area contributed by atoms with Crippen LogP contribution >= 0.6 is 0 Å². The molecule has 1 saturated heterocycles. The van der Waals surface area contributed by atoms with E-state index < -0.39 is 12.2 Å². The molecule has 3 aromatic rings. The average Bonchev–Trinajstić information content (AvgIpc) is 3.09. The van der Waals surface area contributed by atoms with Crippen molar-refractivity contribution in [2.24, 2.45) is 7.05 Å². The highest BCUT2D eigenvalue weighted by Crippen LogP contribution is 2.45. The van der Waals surface area contributed by atoms with Gasteiger partial charge in [0.1, 0.15) is 11.4 Å². The van der Waals surface area contributed by atoms with E-state index in [9.17, 15) is 10.2 Å². The number of aliphatic hydroxyl groups is 2. The fraction of sp³-hybridized carbons (Fsp3) is 0.462. The van der Waals surface area contributed by atoms with E-state index in [0.29, 0.717) is 13.0 Å². The van der Waals surface area contributed by atoms with Crippen molar-refractivity contribution in [3.8, 4) is 5.75 Å². The van der Waals surface area contributed by atoms with Crippen LogP contribution < -0.4 is 4.74 Å². The van der Waals surface area contributed by atoms with E-state index in [-0.39, 0.29) is 5.60 Å². The molecule has 1 aromatic heterocycles. The van der Waals surface area contributed by atoms with Crippen LogP contribution in [0.15, 0.2) is 42.6 Å². The van der Waals surface area contributed by atoms with Crippen molar-refractivity contribution in [2.45, 2.75) is 50.9 Å². The molecule has 2 aliphatic heterocycles. The van der Waals surface area contributed by atoms with Crippen LogP contribution in [0.4, 0.5) is 0 Å². The largest absolute Gasteiger partial charge is 0.487 e. The summed E-state index contributed by atoms with van der Waals surface area (Å²) in [5, 5.41) is 22.9. The third-order valence-corrected chi connectivity index (χ3v) is 7.36. The van der Waals surface area contributed by atoms with E-state index in [0.717, 1.165) is 53.7 Å². The monoisotopic (exact) mass is 420 g/mol. The fourth-order valence-electron chi connectivity index (χ4n) is 5.33. The molecule has 2 aliphatic rings. The normalized spacial score (nSPS) is 21.8. The second-order valence-electron chi connectivity index (χ2n) is 9.51. The van der Waals surface area contributed by atoms with E-state index in [1.807, 2.05) is 25.4 Å². The number of hydrogen-bond acceptors (Lipinski definition) is 4. The van der Waals surface area contributed by atoms with Crippen LogP contribution in [-0.2, 0) is 7.05 Å². The van der Waals surface area contributed by atoms with Gasteiger partial charge in [-0.3, -0.25) is 0 Å². The minimum Gasteiger partial charge on any atom is -0.487 e. The maximum absolute atomic E-state index is 11.0. The maximum Gasteiger partial charge on any atom is 0.126 e. The number of likely N-dealkylation sites (tertiary alicyclic amines) is 1. The van der Waals surface area contributed by atoms with Gasteiger partial charge in [0.2, 0.25) is 0 Å². The molecule has 0 bridgehead atoms. The third kappa shape index (κ3) is 3.65. The molecule has 1 fully saturated rings. The summed E-state index contributed by atoms with van der Waals surface area (Å²) in [5.74, 6) is 0.839. The molecule has 0 amide bonds. The molecule has 0 aliphatic carbocycles. The first-order valence-electron chi connectivity index (χ1n) is 11.3. The standard InChI is InChI=1S/C26H32N2O3/c1-17-12-20-23(29)14-26(31-25(20)13-18(17)2)8-10-28(11-9-26)16-24(30)21-15-27(3)22-7-5-4-6-19(21)22/h4-7,12-13,15,23-24,29-30H,8-11,14,16H2,1-3H3/t23-,24+/m0/s1. The average molecular weight is 421 g/mol. The van der Waals surface area contributed by atoms with Gasteiger partial charge in [-0.1, -0.05) is 18.2 Å². The number of para-hydroxylation sites is 1. The van der Waals surface area contributed by atoms with Crippen molar-refractivity contribution >= 4 is 10.9 Å². The zero-order valence-electron chi connectivity index (χ0n) is 18.6. The Hall–Kier alpha value is -2.34. The molecule has 31 heavy (non-hydrogen) atoms. The number of rotatable bonds is 3. The zero-order valence-corrected chi connectivity index (χ0v) is 18.6. The van der Waals surface area contributed by atoms with Gasteiger partial charge in [0.25, 0.3) is 0 Å². The van der Waals surface area contributed by atoms with Crippen LogP contribution in [0, 0.1) is 13.8 Å². The lowest BCUT2D eigenvalue weighted by Crippen LogP contribution is -2.51. The number of fused-ring (bicyclic) bond motifs is 2. The van der Waals surface area contributed by atoms with Gasteiger partial charge in [-0.05, 0) is 56.0 Å². The third-order valence-electron chi connectivity index (χ3n) is 7.36. The first kappa shape index (κ1) is 20.6. The second-order valence-corrected chi connectivity index (χ2v) is 9.51. The first-order valence-corrected chi connectivity index (χ1v) is 11.3. The van der Waals surface area contributed by atoms with Crippen LogP contribution in [-0.4, -0.2) is 44.9 Å². The Bertz CT molecular complexity index is 1110. The van der Waals surface area contributed by atoms with Gasteiger partial charge in [-0.25, -0.2) is 0 Å². The highest BCUT2D eigenvalue weighted by atomic mass is 16.5. The lowest BCUT2D eigenvalue weighted by atomic mass is 9.81. The summed E-state index contributed by atoms with van der Waals surface area (Å²) in [6, 6.07) is 12.4. The van der Waals surface area contributed by atoms with Crippen LogP contribution in [0.1, 0.15) is 53.7 Å². The van der Waals surface area contributed by atoms with Crippen molar-refractivity contribution in [1.29, 1.82) is 0 Å². The van der Waals surface area contributed by atoms with Crippen molar-refractivity contribution < 1.29 is 14.9 Å². The molecule has 1 spiro atoms. The number of benzene rings is 2. The van der Waals surface area contributed by atoms with E-state index in [1.54, 1.807) is 0 Å². The first-order chi connectivity index (χ1) is 14.8. The van der Waals surface area contributed by atoms with Crippen molar-refractivity contribution in [3.63, 3.8) is 0 Å². The summed E-state index contributed by atoms with van der Waals surface area (Å²) in [5.41, 5.74) is 5.12. The molecule has 2 atom stereocenters. The molecule has 164 valence electrons. The lowest BCUT2D eigenvalue weighted by Gasteiger charge is -2.46. The zero-order chi connectivity index (χ0) is 21.8. The van der Waals surface area contributed by atoms with Gasteiger partial charge in [0.15, 0.2) is 0 Å². The quantitative estimate of drug-likeness (QED) is 0.667. The number of aliphatic hydroxyl groups excluding tert-OH is 2. The Kier molecular flexibility index (Phi) is 5.08. The Morgan fingerprint density at radius 1 is 1.13 bits per heavy atom. The summed E-state index contributed by atoms with van der Waals surface area (Å²) in [4.78, 5) is 2.32. The number of ether oxygens (including phenoxy) is 1. The van der Waals surface area contributed by atoms with E-state index in [1.165, 1.54) is 11.1 Å². The molecular weight excluding hydrogens is 388 g/mol. The molecule has 3 heterocycles. The summed E-state index contributed by atoms with van der Waals surface area (Å²) >= 11 is 0. The molecule has 5 nitrogen and oxygen atoms in total. The molecule has 0 unspecified atom stereocenters. The van der Waals surface area contributed by atoms with Crippen molar-refractivity contribution in [3.05, 3.63) is 64.8 Å². The highest BCUT2D eigenvalue weighted by molar-refractivity contribution is 5.84. The minimum atomic E-state index is -0.524. The molecular formula is C26H32N2O3. The van der Waals surface area contributed by atoms with E-state index >= 15 is 0 Å². The summed E-state index contributed by atoms with van der Waals surface area (Å²) < 4.78 is 8.59. The van der Waals surface area contributed by atoms with Crippen LogP contribution in [0.25, 0.3) is 10.9 Å². The van der Waals surface area contributed by atoms with E-state index in [4.69, 9.17) is 4.74 Å². The van der Waals surface area contributed by atoms with E-state index in [2.05, 4.69) is 47.6 Å². The van der Waals surface area contributed by atoms with Gasteiger partial charge in [0.05, 0.1) is 12.2 Å². The second kappa shape index (κ2) is 7.66. The van der Waals surface area contributed by atoms with Gasteiger partial charge in [-0.15, -0.1) is 0 Å². The number of β-amino-alcohol motifs (C(OH)–C–C–N with tert-alkyl or cyclic N) is 1. The number of hydrogen-bond donors (Lipinski definition) is 2. The number of aromatic nitrogens is 1. The maximum atomic E-state index is 11.0. The van der Waals surface area contributed by atoms with Crippen LogP contribution in [0.3, 0.4) is 0 Å². The van der Waals surface area contributed by atoms with Crippen LogP contribution in [0.2, 0.25) is 0 Å². The SMILES string of the molecule is Cc1cc2c(cc1C)[C@@H](O)CC1(CCN(C[C@@H](O)c3cn(C)c4ccccc34)CC1)O2. The van der Waals surface area contributed by atoms with Gasteiger partial charge < -0.3 is 24.4 Å². The fourth-order valence-corrected chi connectivity index (χ4v) is 5.33. The molecule has 0 radical (unpaired) electrons. The molecule has 2 N–H and O–H groups in total. The highest BCUT2D eigenvalue weighted by Gasteiger charge is 2.43. The Morgan fingerprint density at radius 2 is 1.84 bits per heavy atom. The molecule has 0 saturated carbocycles. The van der Waals surface area contributed by atoms with Crippen LogP contribution in [0.5, 0.6) is 5.75 Å². The predicted octanol–water partition coefficient (Wildman–Crippen LogP) is 4.18. The number of nitrogens with zero attached hydrogens (tertiary/aromatic N) is 2. The summed E-state index contributed by atoms with van der Waals surface area (Å²) in [6.07, 6.45) is 3.41. The van der Waals surface area contributed by atoms with Gasteiger partial charge in [0, 0.05) is 61.3 Å². The van der Waals surface area contributed by atoms with Gasteiger partial charge in [-0.2, -0.15) is 0 Å². The Morgan fingerprint density at radius 3 is 2.61 bits per heavy atom. The van der Waals surface area contributed by atoms with Crippen molar-refractivity contribution in [1.82, 2.24) is 9.47 Å². The Balaban J connectivity index is 1.28. The lowest BCUT2D eigenvalue weighted by molar-refractivity contribution is -0.0588. The molecule has 5 rings (SSSR count).